The summed E-state index contributed by atoms with van der Waals surface area (Å²) < 4.78 is 25.6. The first-order chi connectivity index (χ1) is 15.6. The van der Waals surface area contributed by atoms with Gasteiger partial charge in [0.25, 0.3) is 33.4 Å². The van der Waals surface area contributed by atoms with E-state index in [1.54, 1.807) is 6.07 Å². The molecule has 1 fully saturated rings. The maximum atomic E-state index is 12.7. The summed E-state index contributed by atoms with van der Waals surface area (Å²) in [5.74, 6) is -2.51. The summed E-state index contributed by atoms with van der Waals surface area (Å²) in [5.41, 5.74) is 2.38. The molecule has 33 heavy (non-hydrogen) atoms. The van der Waals surface area contributed by atoms with Gasteiger partial charge in [0.1, 0.15) is 11.4 Å². The van der Waals surface area contributed by atoms with Crippen molar-refractivity contribution >= 4 is 67.8 Å². The summed E-state index contributed by atoms with van der Waals surface area (Å²) in [7, 11) is -4.20. The van der Waals surface area contributed by atoms with Gasteiger partial charge >= 0.3 is 0 Å². The molecule has 168 valence electrons. The summed E-state index contributed by atoms with van der Waals surface area (Å²) in [6.45, 7) is -0.850. The molecule has 4 rings (SSSR count). The zero-order valence-corrected chi connectivity index (χ0v) is 18.8. The SMILES string of the molecule is O=C(CN1C(=O)c2ccccc2S1(=O)=O)NN1C(=O)/C(=C\c2cccc([N+](=O)[O-])c2)SC1=S. The zero-order valence-electron chi connectivity index (χ0n) is 16.3. The van der Waals surface area contributed by atoms with Crippen LogP contribution in [0.5, 0.6) is 0 Å². The molecule has 14 heteroatoms. The van der Waals surface area contributed by atoms with Gasteiger partial charge in [-0.15, -0.1) is 0 Å². The lowest BCUT2D eigenvalue weighted by Crippen LogP contribution is -2.49. The number of rotatable bonds is 5. The molecule has 2 aromatic carbocycles. The van der Waals surface area contributed by atoms with Gasteiger partial charge < -0.3 is 0 Å². The minimum absolute atomic E-state index is 0.0380. The number of nitrogens with one attached hydrogen (secondary N) is 1. The van der Waals surface area contributed by atoms with Crippen molar-refractivity contribution in [3.63, 3.8) is 0 Å². The van der Waals surface area contributed by atoms with Gasteiger partial charge in [0, 0.05) is 12.1 Å². The molecule has 1 N–H and O–H groups in total. The van der Waals surface area contributed by atoms with Crippen LogP contribution in [0.25, 0.3) is 6.08 Å². The summed E-state index contributed by atoms with van der Waals surface area (Å²) in [4.78, 5) is 47.9. The fourth-order valence-corrected chi connectivity index (χ4v) is 5.83. The number of sulfonamides is 1. The number of non-ortho nitro benzene ring substituents is 1. The van der Waals surface area contributed by atoms with Crippen LogP contribution in [0.4, 0.5) is 5.69 Å². The number of hydrogen-bond acceptors (Lipinski definition) is 9. The van der Waals surface area contributed by atoms with Crippen LogP contribution in [0.2, 0.25) is 0 Å². The van der Waals surface area contributed by atoms with Crippen LogP contribution >= 0.6 is 24.0 Å². The summed E-state index contributed by atoms with van der Waals surface area (Å²) in [5, 5.41) is 11.7. The van der Waals surface area contributed by atoms with Crippen molar-refractivity contribution in [1.82, 2.24) is 14.7 Å². The Hall–Kier alpha value is -3.62. The van der Waals surface area contributed by atoms with Gasteiger partial charge in [0.15, 0.2) is 4.32 Å². The van der Waals surface area contributed by atoms with Crippen LogP contribution in [-0.4, -0.2) is 51.2 Å². The van der Waals surface area contributed by atoms with Crippen LogP contribution in [-0.2, 0) is 19.6 Å². The Morgan fingerprint density at radius 2 is 1.88 bits per heavy atom. The monoisotopic (exact) mass is 504 g/mol. The number of amides is 3. The maximum Gasteiger partial charge on any atom is 0.285 e. The predicted molar refractivity (Wildman–Crippen MR) is 121 cm³/mol. The standard InChI is InChI=1S/C19H12N4O7S3/c24-16(10-21-17(25)13-6-1-2-7-15(13)33(21,29)30)20-22-18(26)14(32-19(22)31)9-11-4-3-5-12(8-11)23(27)28/h1-9H,10H2,(H,20,24)/b14-9+. The highest BCUT2D eigenvalue weighted by molar-refractivity contribution is 8.26. The quantitative estimate of drug-likeness (QED) is 0.278. The number of fused-ring (bicyclic) bond motifs is 1. The zero-order chi connectivity index (χ0) is 23.9. The molecular formula is C19H12N4O7S3. The molecule has 0 aliphatic carbocycles. The summed E-state index contributed by atoms with van der Waals surface area (Å²) >= 11 is 5.96. The molecule has 0 spiro atoms. The van der Waals surface area contributed by atoms with Crippen LogP contribution < -0.4 is 5.43 Å². The minimum atomic E-state index is -4.20. The number of hydrogen-bond donors (Lipinski definition) is 1. The van der Waals surface area contributed by atoms with E-state index >= 15 is 0 Å². The number of carbonyl (C=O) groups is 3. The fraction of sp³-hybridized carbons (Fsp3) is 0.0526. The molecule has 3 amide bonds. The average Bonchev–Trinajstić information content (AvgIpc) is 3.14. The average molecular weight is 505 g/mol. The summed E-state index contributed by atoms with van der Waals surface area (Å²) in [6.07, 6.45) is 1.38. The molecule has 2 heterocycles. The Morgan fingerprint density at radius 1 is 1.15 bits per heavy atom. The second-order valence-electron chi connectivity index (χ2n) is 6.72. The van der Waals surface area contributed by atoms with E-state index in [9.17, 15) is 32.9 Å². The number of carbonyl (C=O) groups excluding carboxylic acids is 3. The normalized spacial score (nSPS) is 18.1. The molecular weight excluding hydrogens is 492 g/mol. The van der Waals surface area contributed by atoms with Crippen molar-refractivity contribution in [2.24, 2.45) is 0 Å². The van der Waals surface area contributed by atoms with E-state index in [4.69, 9.17) is 12.2 Å². The maximum absolute atomic E-state index is 12.7. The van der Waals surface area contributed by atoms with Crippen LogP contribution in [0, 0.1) is 10.1 Å². The second-order valence-corrected chi connectivity index (χ2v) is 10.2. The van der Waals surface area contributed by atoms with E-state index < -0.39 is 39.2 Å². The van der Waals surface area contributed by atoms with Crippen molar-refractivity contribution in [3.05, 3.63) is 74.7 Å². The van der Waals surface area contributed by atoms with E-state index in [0.717, 1.165) is 16.8 Å². The predicted octanol–water partition coefficient (Wildman–Crippen LogP) is 1.67. The van der Waals surface area contributed by atoms with Crippen LogP contribution in [0.15, 0.2) is 58.3 Å². The largest absolute Gasteiger partial charge is 0.285 e. The second kappa shape index (κ2) is 8.38. The van der Waals surface area contributed by atoms with Gasteiger partial charge in [-0.3, -0.25) is 29.9 Å². The van der Waals surface area contributed by atoms with Gasteiger partial charge in [-0.1, -0.05) is 36.0 Å². The Bertz CT molecular complexity index is 1390. The number of thioether (sulfide) groups is 1. The first-order valence-electron chi connectivity index (χ1n) is 9.07. The van der Waals surface area contributed by atoms with Gasteiger partial charge in [0.2, 0.25) is 0 Å². The third kappa shape index (κ3) is 4.10. The van der Waals surface area contributed by atoms with Crippen molar-refractivity contribution in [2.75, 3.05) is 6.54 Å². The molecule has 2 aliphatic rings. The first kappa shape index (κ1) is 22.6. The van der Waals surface area contributed by atoms with E-state index in [1.807, 2.05) is 0 Å². The van der Waals surface area contributed by atoms with E-state index in [-0.39, 0.29) is 25.4 Å². The number of hydrazine groups is 1. The van der Waals surface area contributed by atoms with Gasteiger partial charge in [-0.2, -0.15) is 5.01 Å². The molecule has 1 saturated heterocycles. The van der Waals surface area contributed by atoms with Crippen LogP contribution in [0.1, 0.15) is 15.9 Å². The summed E-state index contributed by atoms with van der Waals surface area (Å²) in [6, 6.07) is 11.2. The number of nitro benzene ring substituents is 1. The van der Waals surface area contributed by atoms with Gasteiger partial charge in [-0.25, -0.2) is 12.7 Å². The van der Waals surface area contributed by atoms with Crippen molar-refractivity contribution in [1.29, 1.82) is 0 Å². The number of nitrogens with zero attached hydrogens (tertiary/aromatic N) is 3. The lowest BCUT2D eigenvalue weighted by molar-refractivity contribution is -0.384. The molecule has 0 aromatic heterocycles. The Morgan fingerprint density at radius 3 is 2.58 bits per heavy atom. The van der Waals surface area contributed by atoms with Crippen LogP contribution in [0.3, 0.4) is 0 Å². The highest BCUT2D eigenvalue weighted by atomic mass is 32.2. The fourth-order valence-electron chi connectivity index (χ4n) is 3.12. The molecule has 2 aromatic rings. The van der Waals surface area contributed by atoms with Crippen molar-refractivity contribution in [2.45, 2.75) is 4.90 Å². The van der Waals surface area contributed by atoms with Crippen molar-refractivity contribution in [3.8, 4) is 0 Å². The molecule has 2 aliphatic heterocycles. The van der Waals surface area contributed by atoms with Gasteiger partial charge in [-0.05, 0) is 36.0 Å². The third-order valence-corrected chi connectivity index (χ3v) is 7.70. The Balaban J connectivity index is 1.49. The number of benzene rings is 2. The number of nitro groups is 1. The molecule has 0 bridgehead atoms. The van der Waals surface area contributed by atoms with E-state index in [2.05, 4.69) is 5.43 Å². The Labute approximate surface area is 196 Å². The lowest BCUT2D eigenvalue weighted by Gasteiger charge is -2.19. The van der Waals surface area contributed by atoms with E-state index in [0.29, 0.717) is 9.87 Å². The molecule has 11 nitrogen and oxygen atoms in total. The Kier molecular flexibility index (Phi) is 5.73. The highest BCUT2D eigenvalue weighted by Crippen LogP contribution is 2.32. The van der Waals surface area contributed by atoms with Gasteiger partial charge in [0.05, 0.1) is 15.4 Å². The number of thiocarbonyl (C=S) groups is 1. The van der Waals surface area contributed by atoms with E-state index in [1.165, 1.54) is 48.5 Å². The first-order valence-corrected chi connectivity index (χ1v) is 11.7. The molecule has 0 atom stereocenters. The molecule has 0 radical (unpaired) electrons. The topological polar surface area (TPSA) is 147 Å². The smallest absolute Gasteiger partial charge is 0.271 e. The molecule has 0 saturated carbocycles. The highest BCUT2D eigenvalue weighted by Gasteiger charge is 2.42. The molecule has 0 unspecified atom stereocenters. The third-order valence-electron chi connectivity index (χ3n) is 4.61. The lowest BCUT2D eigenvalue weighted by atomic mass is 10.2. The van der Waals surface area contributed by atoms with Crippen molar-refractivity contribution < 1.29 is 27.7 Å². The minimum Gasteiger partial charge on any atom is -0.271 e.